The van der Waals surface area contributed by atoms with E-state index < -0.39 is 27.8 Å². The first-order valence-electron chi connectivity index (χ1n) is 6.55. The second kappa shape index (κ2) is 6.71. The molecule has 21 heavy (non-hydrogen) atoms. The highest BCUT2D eigenvalue weighted by Crippen LogP contribution is 2.13. The lowest BCUT2D eigenvalue weighted by Gasteiger charge is -2.17. The van der Waals surface area contributed by atoms with Gasteiger partial charge in [0.1, 0.15) is 6.04 Å². The predicted octanol–water partition coefficient (Wildman–Crippen LogP) is 1.32. The summed E-state index contributed by atoms with van der Waals surface area (Å²) in [6.45, 7) is 4.92. The van der Waals surface area contributed by atoms with Crippen LogP contribution < -0.4 is 5.32 Å². The summed E-state index contributed by atoms with van der Waals surface area (Å²) in [7, 11) is -3.32. The van der Waals surface area contributed by atoms with E-state index >= 15 is 0 Å². The number of benzene rings is 1. The molecule has 0 aliphatic rings. The standard InChI is InChI=1S/C14H19NO5S/c1-4-21(19,20)11-7-5-10(6-8-11)13(16)15-12(9(2)3)14(17)18/h5-9,12H,4H2,1-3H3,(H,15,16)(H,17,18)/t12-/m0/s1. The summed E-state index contributed by atoms with van der Waals surface area (Å²) in [4.78, 5) is 23.1. The van der Waals surface area contributed by atoms with Gasteiger partial charge in [0.25, 0.3) is 5.91 Å². The van der Waals surface area contributed by atoms with Crippen LogP contribution in [0.25, 0.3) is 0 Å². The Labute approximate surface area is 124 Å². The lowest BCUT2D eigenvalue weighted by molar-refractivity contribution is -0.140. The number of nitrogens with one attached hydrogen (secondary N) is 1. The van der Waals surface area contributed by atoms with Crippen molar-refractivity contribution < 1.29 is 23.1 Å². The summed E-state index contributed by atoms with van der Waals surface area (Å²) in [5.41, 5.74) is 0.219. The number of carbonyl (C=O) groups excluding carboxylic acids is 1. The van der Waals surface area contributed by atoms with Crippen LogP contribution in [0.4, 0.5) is 0 Å². The molecule has 1 atom stereocenters. The highest BCUT2D eigenvalue weighted by molar-refractivity contribution is 7.91. The van der Waals surface area contributed by atoms with Crippen LogP contribution >= 0.6 is 0 Å². The topological polar surface area (TPSA) is 101 Å². The molecule has 0 saturated carbocycles. The third-order valence-electron chi connectivity index (χ3n) is 3.07. The SMILES string of the molecule is CCS(=O)(=O)c1ccc(C(=O)N[C@H](C(=O)O)C(C)C)cc1. The minimum atomic E-state index is -3.32. The van der Waals surface area contributed by atoms with Gasteiger partial charge in [-0.25, -0.2) is 13.2 Å². The van der Waals surface area contributed by atoms with Crippen molar-refractivity contribution in [2.45, 2.75) is 31.7 Å². The van der Waals surface area contributed by atoms with Crippen molar-refractivity contribution in [3.05, 3.63) is 29.8 Å². The second-order valence-electron chi connectivity index (χ2n) is 4.96. The fraction of sp³-hybridized carbons (Fsp3) is 0.429. The zero-order valence-electron chi connectivity index (χ0n) is 12.2. The van der Waals surface area contributed by atoms with E-state index in [0.29, 0.717) is 0 Å². The minimum absolute atomic E-state index is 0.0209. The van der Waals surface area contributed by atoms with Crippen LogP contribution in [0.3, 0.4) is 0 Å². The molecule has 0 unspecified atom stereocenters. The van der Waals surface area contributed by atoms with Gasteiger partial charge in [0, 0.05) is 5.56 Å². The maximum atomic E-state index is 12.0. The molecule has 0 aliphatic heterocycles. The summed E-state index contributed by atoms with van der Waals surface area (Å²) in [6.07, 6.45) is 0. The van der Waals surface area contributed by atoms with Gasteiger partial charge in [-0.2, -0.15) is 0 Å². The number of hydrogen-bond donors (Lipinski definition) is 2. The van der Waals surface area contributed by atoms with Crippen LogP contribution in [0.15, 0.2) is 29.2 Å². The van der Waals surface area contributed by atoms with Crippen molar-refractivity contribution in [2.24, 2.45) is 5.92 Å². The smallest absolute Gasteiger partial charge is 0.326 e. The van der Waals surface area contributed by atoms with Crippen molar-refractivity contribution >= 4 is 21.7 Å². The molecule has 6 nitrogen and oxygen atoms in total. The highest BCUT2D eigenvalue weighted by Gasteiger charge is 2.24. The second-order valence-corrected chi connectivity index (χ2v) is 7.24. The molecule has 1 amide bonds. The number of carboxylic acid groups (broad SMARTS) is 1. The number of carboxylic acids is 1. The molecule has 0 bridgehead atoms. The maximum absolute atomic E-state index is 12.0. The number of aliphatic carboxylic acids is 1. The van der Waals surface area contributed by atoms with Crippen LogP contribution in [0.5, 0.6) is 0 Å². The zero-order chi connectivity index (χ0) is 16.2. The number of rotatable bonds is 6. The molecule has 0 aromatic heterocycles. The first-order valence-corrected chi connectivity index (χ1v) is 8.20. The Hall–Kier alpha value is -1.89. The van der Waals surface area contributed by atoms with E-state index in [1.54, 1.807) is 13.8 Å². The van der Waals surface area contributed by atoms with Crippen molar-refractivity contribution in [1.29, 1.82) is 0 Å². The molecule has 1 aromatic rings. The fourth-order valence-electron chi connectivity index (χ4n) is 1.72. The molecule has 1 rings (SSSR count). The molecule has 0 fully saturated rings. The van der Waals surface area contributed by atoms with Gasteiger partial charge in [-0.15, -0.1) is 0 Å². The van der Waals surface area contributed by atoms with Crippen LogP contribution in [0, 0.1) is 5.92 Å². The summed E-state index contributed by atoms with van der Waals surface area (Å²) in [6, 6.07) is 4.45. The van der Waals surface area contributed by atoms with Gasteiger partial charge in [0.15, 0.2) is 9.84 Å². The average molecular weight is 313 g/mol. The van der Waals surface area contributed by atoms with Gasteiger partial charge < -0.3 is 10.4 Å². The molecule has 7 heteroatoms. The van der Waals surface area contributed by atoms with E-state index in [1.807, 2.05) is 0 Å². The van der Waals surface area contributed by atoms with Gasteiger partial charge in [0.2, 0.25) is 0 Å². The minimum Gasteiger partial charge on any atom is -0.480 e. The van der Waals surface area contributed by atoms with E-state index in [-0.39, 0.29) is 22.1 Å². The Balaban J connectivity index is 2.92. The largest absolute Gasteiger partial charge is 0.480 e. The number of amides is 1. The molecular formula is C14H19NO5S. The number of carbonyl (C=O) groups is 2. The summed E-state index contributed by atoms with van der Waals surface area (Å²) < 4.78 is 23.3. The van der Waals surface area contributed by atoms with E-state index in [4.69, 9.17) is 5.11 Å². The Morgan fingerprint density at radius 2 is 1.71 bits per heavy atom. The van der Waals surface area contributed by atoms with E-state index in [1.165, 1.54) is 31.2 Å². The molecule has 0 radical (unpaired) electrons. The molecule has 116 valence electrons. The number of sulfone groups is 1. The van der Waals surface area contributed by atoms with E-state index in [9.17, 15) is 18.0 Å². The lowest BCUT2D eigenvalue weighted by atomic mass is 10.0. The van der Waals surface area contributed by atoms with Gasteiger partial charge in [0.05, 0.1) is 10.6 Å². The Kier molecular flexibility index (Phi) is 5.48. The summed E-state index contributed by atoms with van der Waals surface area (Å²) in [5.74, 6) is -1.93. The van der Waals surface area contributed by atoms with Crippen molar-refractivity contribution in [1.82, 2.24) is 5.32 Å². The average Bonchev–Trinajstić information content (AvgIpc) is 2.43. The number of hydrogen-bond acceptors (Lipinski definition) is 4. The third kappa shape index (κ3) is 4.29. The molecule has 0 spiro atoms. The first-order chi connectivity index (χ1) is 9.69. The summed E-state index contributed by atoms with van der Waals surface area (Å²) in [5, 5.41) is 11.4. The van der Waals surface area contributed by atoms with E-state index in [2.05, 4.69) is 5.32 Å². The van der Waals surface area contributed by atoms with Gasteiger partial charge >= 0.3 is 5.97 Å². The normalized spacial score (nSPS) is 13.0. The van der Waals surface area contributed by atoms with Crippen LogP contribution in [-0.4, -0.2) is 37.2 Å². The van der Waals surface area contributed by atoms with Crippen LogP contribution in [0.1, 0.15) is 31.1 Å². The molecule has 0 heterocycles. The Morgan fingerprint density at radius 1 is 1.19 bits per heavy atom. The highest BCUT2D eigenvalue weighted by atomic mass is 32.2. The van der Waals surface area contributed by atoms with Gasteiger partial charge in [-0.3, -0.25) is 4.79 Å². The maximum Gasteiger partial charge on any atom is 0.326 e. The fourth-order valence-corrected chi connectivity index (χ4v) is 2.60. The lowest BCUT2D eigenvalue weighted by Crippen LogP contribution is -2.44. The van der Waals surface area contributed by atoms with Gasteiger partial charge in [-0.1, -0.05) is 20.8 Å². The van der Waals surface area contributed by atoms with Crippen molar-refractivity contribution in [3.63, 3.8) is 0 Å². The van der Waals surface area contributed by atoms with Crippen LogP contribution in [-0.2, 0) is 14.6 Å². The van der Waals surface area contributed by atoms with Gasteiger partial charge in [-0.05, 0) is 30.2 Å². The molecule has 2 N–H and O–H groups in total. The first kappa shape index (κ1) is 17.2. The Morgan fingerprint density at radius 3 is 2.10 bits per heavy atom. The molecule has 0 aliphatic carbocycles. The molecule has 1 aromatic carbocycles. The Bertz CT molecular complexity index is 619. The summed E-state index contributed by atoms with van der Waals surface area (Å²) >= 11 is 0. The zero-order valence-corrected chi connectivity index (χ0v) is 13.0. The predicted molar refractivity (Wildman–Crippen MR) is 77.9 cm³/mol. The van der Waals surface area contributed by atoms with Crippen molar-refractivity contribution in [3.8, 4) is 0 Å². The molecular weight excluding hydrogens is 294 g/mol. The third-order valence-corrected chi connectivity index (χ3v) is 4.83. The van der Waals surface area contributed by atoms with Crippen molar-refractivity contribution in [2.75, 3.05) is 5.75 Å². The quantitative estimate of drug-likeness (QED) is 0.825. The molecule has 0 saturated heterocycles. The van der Waals surface area contributed by atoms with Crippen LogP contribution in [0.2, 0.25) is 0 Å². The van der Waals surface area contributed by atoms with E-state index in [0.717, 1.165) is 0 Å². The monoisotopic (exact) mass is 313 g/mol.